The summed E-state index contributed by atoms with van der Waals surface area (Å²) in [6.07, 6.45) is 4.99. The summed E-state index contributed by atoms with van der Waals surface area (Å²) in [6, 6.07) is 8.90. The lowest BCUT2D eigenvalue weighted by Gasteiger charge is -2.30. The fraction of sp³-hybridized carbons (Fsp3) is 0.500. The first-order valence-electron chi connectivity index (χ1n) is 7.09. The summed E-state index contributed by atoms with van der Waals surface area (Å²) >= 11 is 3.57. The number of amides is 1. The van der Waals surface area contributed by atoms with Crippen molar-refractivity contribution in [2.75, 3.05) is 11.9 Å². The molecule has 3 nitrogen and oxygen atoms in total. The Balaban J connectivity index is 1.92. The van der Waals surface area contributed by atoms with Crippen LogP contribution < -0.4 is 5.32 Å². The van der Waals surface area contributed by atoms with Crippen LogP contribution in [-0.4, -0.2) is 17.8 Å². The Kier molecular flexibility index (Phi) is 5.60. The molecule has 20 heavy (non-hydrogen) atoms. The minimum Gasteiger partial charge on any atom is -0.352 e. The van der Waals surface area contributed by atoms with Crippen LogP contribution >= 0.6 is 15.9 Å². The molecule has 1 N–H and O–H groups in total. The van der Waals surface area contributed by atoms with Crippen LogP contribution in [0.5, 0.6) is 0 Å². The van der Waals surface area contributed by atoms with Gasteiger partial charge >= 0.3 is 0 Å². The first-order chi connectivity index (χ1) is 9.74. The molecule has 106 valence electrons. The van der Waals surface area contributed by atoms with Gasteiger partial charge < -0.3 is 5.32 Å². The van der Waals surface area contributed by atoms with E-state index in [-0.39, 0.29) is 5.91 Å². The molecule has 0 heterocycles. The van der Waals surface area contributed by atoms with Gasteiger partial charge in [0.25, 0.3) is 5.91 Å². The largest absolute Gasteiger partial charge is 0.352 e. The van der Waals surface area contributed by atoms with Crippen molar-refractivity contribution in [3.8, 4) is 6.07 Å². The van der Waals surface area contributed by atoms with E-state index in [1.165, 1.54) is 25.7 Å². The lowest BCUT2D eigenvalue weighted by atomic mass is 9.80. The van der Waals surface area contributed by atoms with Gasteiger partial charge in [-0.2, -0.15) is 5.26 Å². The normalized spacial score (nSPS) is 22.0. The third kappa shape index (κ3) is 3.83. The van der Waals surface area contributed by atoms with Gasteiger partial charge in [-0.1, -0.05) is 34.8 Å². The van der Waals surface area contributed by atoms with Gasteiger partial charge in [0.1, 0.15) is 0 Å². The third-order valence-electron chi connectivity index (χ3n) is 4.04. The minimum atomic E-state index is -0.0824. The van der Waals surface area contributed by atoms with Crippen molar-refractivity contribution < 1.29 is 4.79 Å². The van der Waals surface area contributed by atoms with Crippen LogP contribution in [0.15, 0.2) is 24.3 Å². The quantitative estimate of drug-likeness (QED) is 0.857. The zero-order valence-corrected chi connectivity index (χ0v) is 13.0. The summed E-state index contributed by atoms with van der Waals surface area (Å²) in [7, 11) is 0. The zero-order chi connectivity index (χ0) is 14.4. The van der Waals surface area contributed by atoms with Gasteiger partial charge in [-0.3, -0.25) is 4.79 Å². The molecule has 0 saturated heterocycles. The Hall–Kier alpha value is -1.34. The van der Waals surface area contributed by atoms with E-state index in [9.17, 15) is 4.79 Å². The van der Waals surface area contributed by atoms with Gasteiger partial charge in [0.05, 0.1) is 11.6 Å². The first-order valence-corrected chi connectivity index (χ1v) is 8.21. The van der Waals surface area contributed by atoms with Gasteiger partial charge in [-0.05, 0) is 42.9 Å². The maximum Gasteiger partial charge on any atom is 0.251 e. The molecule has 1 aliphatic rings. The predicted octanol–water partition coefficient (Wildman–Crippen LogP) is 3.49. The number of nitrogens with one attached hydrogen (secondary N) is 1. The molecular weight excluding hydrogens is 316 g/mol. The highest BCUT2D eigenvalue weighted by atomic mass is 79.9. The molecule has 1 fully saturated rings. The van der Waals surface area contributed by atoms with Crippen molar-refractivity contribution in [1.82, 2.24) is 5.32 Å². The molecule has 0 aromatic heterocycles. The van der Waals surface area contributed by atoms with E-state index in [4.69, 9.17) is 5.26 Å². The number of nitriles is 1. The molecule has 1 aromatic carbocycles. The van der Waals surface area contributed by atoms with Crippen LogP contribution in [0.25, 0.3) is 0 Å². The number of alkyl halides is 1. The summed E-state index contributed by atoms with van der Waals surface area (Å²) in [5.41, 5.74) is 1.09. The Morgan fingerprint density at radius 1 is 1.35 bits per heavy atom. The monoisotopic (exact) mass is 334 g/mol. The molecule has 4 heteroatoms. The number of carbonyl (C=O) groups is 1. The topological polar surface area (TPSA) is 52.9 Å². The average molecular weight is 335 g/mol. The second-order valence-electron chi connectivity index (χ2n) is 5.36. The van der Waals surface area contributed by atoms with E-state index >= 15 is 0 Å². The van der Waals surface area contributed by atoms with E-state index < -0.39 is 0 Å². The fourth-order valence-electron chi connectivity index (χ4n) is 2.81. The number of hydrogen-bond donors (Lipinski definition) is 1. The van der Waals surface area contributed by atoms with Crippen molar-refractivity contribution in [3.05, 3.63) is 35.4 Å². The second-order valence-corrected chi connectivity index (χ2v) is 6.01. The molecule has 0 spiro atoms. The second kappa shape index (κ2) is 7.44. The van der Waals surface area contributed by atoms with E-state index in [1.54, 1.807) is 24.3 Å². The Bertz CT molecular complexity index is 509. The number of halogens is 1. The molecule has 1 aliphatic carbocycles. The van der Waals surface area contributed by atoms with Crippen molar-refractivity contribution in [3.63, 3.8) is 0 Å². The van der Waals surface area contributed by atoms with Gasteiger partial charge in [0.15, 0.2) is 0 Å². The van der Waals surface area contributed by atoms with Crippen molar-refractivity contribution in [2.45, 2.75) is 25.7 Å². The fourth-order valence-corrected chi connectivity index (χ4v) is 3.66. The number of benzene rings is 1. The number of carbonyl (C=O) groups excluding carboxylic acids is 1. The van der Waals surface area contributed by atoms with Crippen LogP contribution in [-0.2, 0) is 0 Å². The number of nitrogens with zero attached hydrogens (tertiary/aromatic N) is 1. The summed E-state index contributed by atoms with van der Waals surface area (Å²) in [5.74, 6) is 1.14. The van der Waals surface area contributed by atoms with Crippen LogP contribution in [0.2, 0.25) is 0 Å². The van der Waals surface area contributed by atoms with Gasteiger partial charge in [-0.15, -0.1) is 0 Å². The van der Waals surface area contributed by atoms with E-state index in [0.717, 1.165) is 11.9 Å². The van der Waals surface area contributed by atoms with Crippen LogP contribution in [0.1, 0.15) is 41.6 Å². The SMILES string of the molecule is N#Cc1cccc(C(=O)NCC2CCCCC2CBr)c1. The zero-order valence-electron chi connectivity index (χ0n) is 11.4. The third-order valence-corrected chi connectivity index (χ3v) is 4.88. The van der Waals surface area contributed by atoms with Crippen LogP contribution in [0, 0.1) is 23.2 Å². The standard InChI is InChI=1S/C16H19BrN2O/c17-9-14-5-1-2-6-15(14)11-19-16(20)13-7-3-4-12(8-13)10-18/h3-4,7-8,14-15H,1-2,5-6,9,11H2,(H,19,20). The molecule has 2 unspecified atom stereocenters. The van der Waals surface area contributed by atoms with Gasteiger partial charge in [-0.25, -0.2) is 0 Å². The summed E-state index contributed by atoms with van der Waals surface area (Å²) in [4.78, 5) is 12.1. The molecule has 1 saturated carbocycles. The van der Waals surface area contributed by atoms with Gasteiger partial charge in [0, 0.05) is 17.4 Å². The summed E-state index contributed by atoms with van der Waals surface area (Å²) in [6.45, 7) is 0.728. The molecule has 1 aromatic rings. The van der Waals surface area contributed by atoms with Crippen molar-refractivity contribution in [1.29, 1.82) is 5.26 Å². The van der Waals surface area contributed by atoms with E-state index in [0.29, 0.717) is 23.0 Å². The van der Waals surface area contributed by atoms with E-state index in [1.807, 2.05) is 0 Å². The van der Waals surface area contributed by atoms with Crippen molar-refractivity contribution in [2.24, 2.45) is 11.8 Å². The molecule has 1 amide bonds. The lowest BCUT2D eigenvalue weighted by Crippen LogP contribution is -2.34. The highest BCUT2D eigenvalue weighted by Crippen LogP contribution is 2.30. The molecule has 2 atom stereocenters. The molecule has 2 rings (SSSR count). The lowest BCUT2D eigenvalue weighted by molar-refractivity contribution is 0.0937. The van der Waals surface area contributed by atoms with Crippen LogP contribution in [0.3, 0.4) is 0 Å². The highest BCUT2D eigenvalue weighted by Gasteiger charge is 2.24. The van der Waals surface area contributed by atoms with Crippen molar-refractivity contribution >= 4 is 21.8 Å². The Labute approximate surface area is 128 Å². The average Bonchev–Trinajstić information content (AvgIpc) is 2.52. The Morgan fingerprint density at radius 2 is 2.10 bits per heavy atom. The molecular formula is C16H19BrN2O. The molecule has 0 radical (unpaired) electrons. The Morgan fingerprint density at radius 3 is 2.80 bits per heavy atom. The number of hydrogen-bond acceptors (Lipinski definition) is 2. The number of rotatable bonds is 4. The first kappa shape index (κ1) is 15.1. The summed E-state index contributed by atoms with van der Waals surface area (Å²) < 4.78 is 0. The molecule has 0 bridgehead atoms. The maximum absolute atomic E-state index is 12.1. The maximum atomic E-state index is 12.1. The highest BCUT2D eigenvalue weighted by molar-refractivity contribution is 9.09. The minimum absolute atomic E-state index is 0.0824. The molecule has 0 aliphatic heterocycles. The van der Waals surface area contributed by atoms with Crippen LogP contribution in [0.4, 0.5) is 0 Å². The predicted molar refractivity (Wildman–Crippen MR) is 82.7 cm³/mol. The summed E-state index contributed by atoms with van der Waals surface area (Å²) in [5, 5.41) is 12.9. The van der Waals surface area contributed by atoms with Gasteiger partial charge in [0.2, 0.25) is 0 Å². The van der Waals surface area contributed by atoms with E-state index in [2.05, 4.69) is 27.3 Å². The smallest absolute Gasteiger partial charge is 0.251 e.